The van der Waals surface area contributed by atoms with Crippen molar-refractivity contribution in [3.05, 3.63) is 30.1 Å². The molecule has 6 nitrogen and oxygen atoms in total. The van der Waals surface area contributed by atoms with Gasteiger partial charge in [-0.25, -0.2) is 0 Å². The molecular formula is C11H11F3N4O2. The van der Waals surface area contributed by atoms with Gasteiger partial charge in [0.2, 0.25) is 0 Å². The molecule has 0 amide bonds. The van der Waals surface area contributed by atoms with Crippen molar-refractivity contribution < 1.29 is 23.1 Å². The molecule has 108 valence electrons. The first-order chi connectivity index (χ1) is 9.35. The highest BCUT2D eigenvalue weighted by Crippen LogP contribution is 2.19. The molecule has 0 aliphatic rings. The van der Waals surface area contributed by atoms with E-state index in [0.29, 0.717) is 11.1 Å². The van der Waals surface area contributed by atoms with Crippen molar-refractivity contribution in [2.24, 2.45) is 0 Å². The summed E-state index contributed by atoms with van der Waals surface area (Å²) in [5.74, 6) is -1.32. The van der Waals surface area contributed by atoms with Crippen molar-refractivity contribution in [1.29, 1.82) is 0 Å². The van der Waals surface area contributed by atoms with Crippen molar-refractivity contribution in [3.63, 3.8) is 0 Å². The van der Waals surface area contributed by atoms with Gasteiger partial charge in [-0.3, -0.25) is 9.69 Å². The molecule has 0 spiro atoms. The summed E-state index contributed by atoms with van der Waals surface area (Å²) in [7, 11) is 0. The van der Waals surface area contributed by atoms with Gasteiger partial charge in [0.25, 0.3) is 0 Å². The second-order valence-corrected chi connectivity index (χ2v) is 4.22. The highest BCUT2D eigenvalue weighted by molar-refractivity contribution is 5.69. The summed E-state index contributed by atoms with van der Waals surface area (Å²) in [6.45, 7) is -2.16. The van der Waals surface area contributed by atoms with E-state index < -0.39 is 25.2 Å². The lowest BCUT2D eigenvalue weighted by Crippen LogP contribution is -2.37. The van der Waals surface area contributed by atoms with Crippen molar-refractivity contribution >= 4 is 11.5 Å². The monoisotopic (exact) mass is 288 g/mol. The van der Waals surface area contributed by atoms with E-state index in [-0.39, 0.29) is 6.54 Å². The van der Waals surface area contributed by atoms with Gasteiger partial charge in [-0.2, -0.15) is 28.0 Å². The smallest absolute Gasteiger partial charge is 0.401 e. The van der Waals surface area contributed by atoms with E-state index in [4.69, 9.17) is 5.11 Å². The third-order valence-corrected chi connectivity index (χ3v) is 2.54. The molecule has 0 saturated heterocycles. The Morgan fingerprint density at radius 3 is 2.80 bits per heavy atom. The van der Waals surface area contributed by atoms with E-state index in [1.54, 1.807) is 12.1 Å². The van der Waals surface area contributed by atoms with Crippen molar-refractivity contribution in [2.45, 2.75) is 12.7 Å². The van der Waals surface area contributed by atoms with Crippen molar-refractivity contribution in [1.82, 2.24) is 19.7 Å². The predicted octanol–water partition coefficient (Wildman–Crippen LogP) is 1.18. The Kier molecular flexibility index (Phi) is 3.89. The van der Waals surface area contributed by atoms with Gasteiger partial charge < -0.3 is 5.11 Å². The summed E-state index contributed by atoms with van der Waals surface area (Å²) in [5.41, 5.74) is 1.04. The van der Waals surface area contributed by atoms with Crippen LogP contribution in [0.15, 0.2) is 24.5 Å². The summed E-state index contributed by atoms with van der Waals surface area (Å²) >= 11 is 0. The Labute approximate surface area is 111 Å². The maximum absolute atomic E-state index is 12.4. The quantitative estimate of drug-likeness (QED) is 0.894. The van der Waals surface area contributed by atoms with Crippen LogP contribution in [0.5, 0.6) is 0 Å². The van der Waals surface area contributed by atoms with Gasteiger partial charge in [0.15, 0.2) is 0 Å². The minimum absolute atomic E-state index is 0.166. The molecular weight excluding hydrogens is 277 g/mol. The van der Waals surface area contributed by atoms with E-state index in [1.807, 2.05) is 0 Å². The van der Waals surface area contributed by atoms with E-state index >= 15 is 0 Å². The van der Waals surface area contributed by atoms with Crippen LogP contribution in [-0.4, -0.2) is 50.1 Å². The van der Waals surface area contributed by atoms with Gasteiger partial charge in [0.1, 0.15) is 0 Å². The van der Waals surface area contributed by atoms with Gasteiger partial charge in [-0.05, 0) is 12.1 Å². The molecule has 0 atom stereocenters. The lowest BCUT2D eigenvalue weighted by molar-refractivity contribution is -0.154. The second kappa shape index (κ2) is 5.45. The van der Waals surface area contributed by atoms with Crippen LogP contribution < -0.4 is 0 Å². The van der Waals surface area contributed by atoms with Crippen LogP contribution in [0, 0.1) is 0 Å². The molecule has 2 aromatic rings. The molecule has 20 heavy (non-hydrogen) atoms. The first-order valence-corrected chi connectivity index (χ1v) is 5.64. The van der Waals surface area contributed by atoms with Crippen LogP contribution in [0.4, 0.5) is 13.2 Å². The zero-order valence-electron chi connectivity index (χ0n) is 10.2. The third kappa shape index (κ3) is 3.67. The summed E-state index contributed by atoms with van der Waals surface area (Å²) in [6, 6.07) is 3.29. The molecule has 0 fully saturated rings. The van der Waals surface area contributed by atoms with E-state index in [9.17, 15) is 18.0 Å². The van der Waals surface area contributed by atoms with Crippen LogP contribution in [0.3, 0.4) is 0 Å². The lowest BCUT2D eigenvalue weighted by Gasteiger charge is -2.21. The molecule has 0 aliphatic heterocycles. The van der Waals surface area contributed by atoms with Gasteiger partial charge in [-0.15, -0.1) is 0 Å². The van der Waals surface area contributed by atoms with Crippen LogP contribution >= 0.6 is 0 Å². The normalized spacial score (nSPS) is 12.2. The first kappa shape index (κ1) is 14.3. The summed E-state index contributed by atoms with van der Waals surface area (Å²) in [6.07, 6.45) is -1.58. The fraction of sp³-hybridized carbons (Fsp3) is 0.364. The van der Waals surface area contributed by atoms with E-state index in [1.165, 1.54) is 17.0 Å². The van der Waals surface area contributed by atoms with Gasteiger partial charge in [0, 0.05) is 18.3 Å². The summed E-state index contributed by atoms with van der Waals surface area (Å²) < 4.78 is 38.6. The maximum atomic E-state index is 12.4. The number of halogens is 3. The fourth-order valence-corrected chi connectivity index (χ4v) is 1.86. The average Bonchev–Trinajstić information content (AvgIpc) is 2.70. The Bertz CT molecular complexity index is 611. The number of nitrogens with zero attached hydrogens (tertiary/aromatic N) is 4. The minimum Gasteiger partial charge on any atom is -0.480 e. The Morgan fingerprint density at radius 1 is 1.40 bits per heavy atom. The number of hydrogen-bond donors (Lipinski definition) is 1. The number of rotatable bonds is 5. The molecule has 2 aromatic heterocycles. The van der Waals surface area contributed by atoms with Gasteiger partial charge >= 0.3 is 12.1 Å². The standard InChI is InChI=1S/C11H11F3N4O2/c12-11(13,14)7-17(6-10(19)20)5-8-4-16-18-9(8)2-1-3-15-18/h1-4H,5-7H2,(H,19,20). The average molecular weight is 288 g/mol. The first-order valence-electron chi connectivity index (χ1n) is 5.64. The summed E-state index contributed by atoms with van der Waals surface area (Å²) in [4.78, 5) is 11.4. The molecule has 2 heterocycles. The molecule has 0 bridgehead atoms. The highest BCUT2D eigenvalue weighted by atomic mass is 19.4. The molecule has 0 unspecified atom stereocenters. The Hall–Kier alpha value is -2.16. The molecule has 0 radical (unpaired) electrons. The fourth-order valence-electron chi connectivity index (χ4n) is 1.86. The molecule has 0 aromatic carbocycles. The van der Waals surface area contributed by atoms with Crippen molar-refractivity contribution in [3.8, 4) is 0 Å². The number of hydrogen-bond acceptors (Lipinski definition) is 4. The number of alkyl halides is 3. The molecule has 0 aliphatic carbocycles. The van der Waals surface area contributed by atoms with Gasteiger partial charge in [0.05, 0.1) is 24.8 Å². The zero-order chi connectivity index (χ0) is 14.8. The molecule has 0 saturated carbocycles. The maximum Gasteiger partial charge on any atom is 0.401 e. The van der Waals surface area contributed by atoms with E-state index in [2.05, 4.69) is 10.2 Å². The SMILES string of the molecule is O=C(O)CN(Cc1cnn2ncccc12)CC(F)(F)F. The topological polar surface area (TPSA) is 70.7 Å². The zero-order valence-corrected chi connectivity index (χ0v) is 10.2. The highest BCUT2D eigenvalue weighted by Gasteiger charge is 2.31. The number of carbonyl (C=O) groups is 1. The summed E-state index contributed by atoms with van der Waals surface area (Å²) in [5, 5.41) is 16.5. The van der Waals surface area contributed by atoms with Crippen LogP contribution in [0.1, 0.15) is 5.56 Å². The molecule has 1 N–H and O–H groups in total. The van der Waals surface area contributed by atoms with Gasteiger partial charge in [-0.1, -0.05) is 0 Å². The Balaban J connectivity index is 2.20. The van der Waals surface area contributed by atoms with Crippen molar-refractivity contribution in [2.75, 3.05) is 13.1 Å². The Morgan fingerprint density at radius 2 is 2.15 bits per heavy atom. The van der Waals surface area contributed by atoms with Crippen LogP contribution in [-0.2, 0) is 11.3 Å². The number of aliphatic carboxylic acids is 1. The minimum atomic E-state index is -4.46. The lowest BCUT2D eigenvalue weighted by atomic mass is 10.2. The second-order valence-electron chi connectivity index (χ2n) is 4.22. The number of carboxylic acids is 1. The van der Waals surface area contributed by atoms with Crippen LogP contribution in [0.2, 0.25) is 0 Å². The number of carboxylic acid groups (broad SMARTS) is 1. The van der Waals surface area contributed by atoms with E-state index in [0.717, 1.165) is 4.90 Å². The predicted molar refractivity (Wildman–Crippen MR) is 62.0 cm³/mol. The van der Waals surface area contributed by atoms with Crippen LogP contribution in [0.25, 0.3) is 5.52 Å². The molecule has 9 heteroatoms. The number of fused-ring (bicyclic) bond motifs is 1. The third-order valence-electron chi connectivity index (χ3n) is 2.54. The molecule has 2 rings (SSSR count). The number of aromatic nitrogens is 3. The largest absolute Gasteiger partial charge is 0.480 e.